The van der Waals surface area contributed by atoms with Gasteiger partial charge in [-0.3, -0.25) is 4.79 Å². The molecule has 35 heavy (non-hydrogen) atoms. The highest BCUT2D eigenvalue weighted by molar-refractivity contribution is 5.82. The summed E-state index contributed by atoms with van der Waals surface area (Å²) in [6, 6.07) is 1.95. The van der Waals surface area contributed by atoms with Gasteiger partial charge >= 0.3 is 0 Å². The molecular weight excluding hydrogens is 448 g/mol. The number of hydrogen-bond donors (Lipinski definition) is 1. The van der Waals surface area contributed by atoms with Crippen LogP contribution in [0.4, 0.5) is 8.78 Å². The first-order chi connectivity index (χ1) is 16.5. The van der Waals surface area contributed by atoms with Gasteiger partial charge in [0.1, 0.15) is 23.4 Å². The van der Waals surface area contributed by atoms with Crippen molar-refractivity contribution in [3.05, 3.63) is 23.8 Å². The number of Topliss-reactive ketones (excluding diaryl/α,β-unsaturated/α-hetero) is 1. The minimum Gasteiger partial charge on any atom is -0.390 e. The Hall–Kier alpha value is -1.89. The molecule has 8 atom stereocenters. The van der Waals surface area contributed by atoms with Gasteiger partial charge in [-0.15, -0.1) is 5.10 Å². The van der Waals surface area contributed by atoms with Gasteiger partial charge in [0, 0.05) is 18.1 Å². The Morgan fingerprint density at radius 3 is 2.57 bits per heavy atom. The van der Waals surface area contributed by atoms with E-state index in [9.17, 15) is 18.7 Å². The van der Waals surface area contributed by atoms with E-state index >= 15 is 0 Å². The van der Waals surface area contributed by atoms with Gasteiger partial charge in [-0.25, -0.2) is 8.78 Å². The summed E-state index contributed by atoms with van der Waals surface area (Å²) in [7, 11) is 0. The van der Waals surface area contributed by atoms with E-state index in [-0.39, 0.29) is 34.7 Å². The molecule has 0 radical (unpaired) electrons. The number of halogens is 2. The average Bonchev–Trinajstić information content (AvgIpc) is 3.34. The number of ketones is 1. The van der Waals surface area contributed by atoms with Crippen LogP contribution < -0.4 is 0 Å². The van der Waals surface area contributed by atoms with Crippen LogP contribution in [0.5, 0.6) is 0 Å². The van der Waals surface area contributed by atoms with Gasteiger partial charge in [0.25, 0.3) is 0 Å². The Kier molecular flexibility index (Phi) is 5.24. The molecule has 4 aliphatic rings. The third-order valence-corrected chi connectivity index (χ3v) is 11.1. The topological polar surface area (TPSA) is 68.0 Å². The molecule has 190 valence electrons. The number of hydrogen-bond acceptors (Lipinski definition) is 4. The van der Waals surface area contributed by atoms with Crippen molar-refractivity contribution in [2.75, 3.05) is 0 Å². The summed E-state index contributed by atoms with van der Waals surface area (Å²) in [5, 5.41) is 19.1. The van der Waals surface area contributed by atoms with E-state index in [1.165, 1.54) is 17.6 Å². The Bertz CT molecular complexity index is 1180. The largest absolute Gasteiger partial charge is 0.390 e. The molecule has 0 unspecified atom stereocenters. The Morgan fingerprint density at radius 1 is 1.00 bits per heavy atom. The highest BCUT2D eigenvalue weighted by atomic mass is 19.1. The first-order valence-corrected chi connectivity index (χ1v) is 13.5. The molecular formula is C28H37F2N3O2. The molecule has 0 saturated heterocycles. The number of benzene rings is 1. The van der Waals surface area contributed by atoms with Crippen LogP contribution in [0.1, 0.15) is 78.6 Å². The molecule has 0 amide bonds. The van der Waals surface area contributed by atoms with Crippen molar-refractivity contribution in [3.8, 4) is 0 Å². The normalized spacial score (nSPS) is 43.0. The first kappa shape index (κ1) is 23.5. The van der Waals surface area contributed by atoms with Crippen molar-refractivity contribution in [2.45, 2.75) is 90.7 Å². The third kappa shape index (κ3) is 3.59. The fraction of sp³-hybridized carbons (Fsp3) is 0.750. The molecule has 5 nitrogen and oxygen atoms in total. The average molecular weight is 486 g/mol. The van der Waals surface area contributed by atoms with Crippen LogP contribution in [0.25, 0.3) is 11.0 Å². The van der Waals surface area contributed by atoms with E-state index in [1.54, 1.807) is 0 Å². The molecule has 6 rings (SSSR count). The van der Waals surface area contributed by atoms with Crippen LogP contribution in [0.3, 0.4) is 0 Å². The smallest absolute Gasteiger partial charge is 0.159 e. The van der Waals surface area contributed by atoms with Gasteiger partial charge in [0.15, 0.2) is 11.6 Å². The summed E-state index contributed by atoms with van der Waals surface area (Å²) in [5.74, 6) is 1.11. The molecule has 7 heteroatoms. The Labute approximate surface area is 205 Å². The second kappa shape index (κ2) is 7.80. The quantitative estimate of drug-likeness (QED) is 0.607. The lowest BCUT2D eigenvalue weighted by Crippen LogP contribution is -2.55. The number of carbonyl (C=O) groups is 1. The molecule has 4 saturated carbocycles. The van der Waals surface area contributed by atoms with Gasteiger partial charge in [0.05, 0.1) is 5.60 Å². The maximum absolute atomic E-state index is 14.1. The Balaban J connectivity index is 1.21. The van der Waals surface area contributed by atoms with Crippen LogP contribution in [-0.2, 0) is 11.3 Å². The predicted molar refractivity (Wildman–Crippen MR) is 128 cm³/mol. The first-order valence-electron chi connectivity index (χ1n) is 13.5. The van der Waals surface area contributed by atoms with Crippen LogP contribution in [0.2, 0.25) is 0 Å². The zero-order valence-electron chi connectivity index (χ0n) is 21.1. The molecule has 4 fully saturated rings. The lowest BCUT2D eigenvalue weighted by Gasteiger charge is -2.61. The predicted octanol–water partition coefficient (Wildman–Crippen LogP) is 5.69. The number of nitrogens with zero attached hydrogens (tertiary/aromatic N) is 3. The maximum Gasteiger partial charge on any atom is 0.159 e. The molecule has 0 bridgehead atoms. The molecule has 0 spiro atoms. The lowest BCUT2D eigenvalue weighted by atomic mass is 9.44. The number of rotatable bonds is 3. The number of carbonyl (C=O) groups excluding carboxylic acids is 1. The van der Waals surface area contributed by atoms with Gasteiger partial charge in [-0.1, -0.05) is 13.8 Å². The minimum atomic E-state index is -0.752. The summed E-state index contributed by atoms with van der Waals surface area (Å²) < 4.78 is 27.6. The number of aromatic nitrogens is 3. The third-order valence-electron chi connectivity index (χ3n) is 11.1. The van der Waals surface area contributed by atoms with Crippen LogP contribution in [0, 0.1) is 52.1 Å². The standard InChI is InChI=1S/C28H37F2N3O2/c1-26(35)10-11-27(2)16(14-26)4-5-18-19-6-7-21(28(19,3)9-8-20(18)27)24(34)15-33-31-23-13-17(29)12-22(30)25(23)32-33/h12-13,16,18-21,35H,4-11,14-15H2,1-3H3/t16-,18-,19-,20-,21+,26+,27-,28-/m0/s1. The summed E-state index contributed by atoms with van der Waals surface area (Å²) in [6.07, 6.45) is 9.50. The van der Waals surface area contributed by atoms with Gasteiger partial charge < -0.3 is 5.11 Å². The number of fused-ring (bicyclic) bond motifs is 6. The van der Waals surface area contributed by atoms with Gasteiger partial charge in [-0.2, -0.15) is 9.90 Å². The summed E-state index contributed by atoms with van der Waals surface area (Å²) >= 11 is 0. The number of aliphatic hydroxyl groups is 1. The van der Waals surface area contributed by atoms with Crippen molar-refractivity contribution in [1.82, 2.24) is 15.0 Å². The minimum absolute atomic E-state index is 0.00564. The second-order valence-electron chi connectivity index (χ2n) is 13.0. The summed E-state index contributed by atoms with van der Waals surface area (Å²) in [5.41, 5.74) is -0.0987. The SMILES string of the molecule is C[C@@]1(O)CC[C@@]2(C)[C@@H](CC[C@@H]3[C@@H]2CC[C@]2(C)[C@@H](C(=O)Cn4nc5cc(F)cc(F)c5n4)CC[C@@H]32)C1. The van der Waals surface area contributed by atoms with Gasteiger partial charge in [0.2, 0.25) is 0 Å². The van der Waals surface area contributed by atoms with Crippen molar-refractivity contribution in [3.63, 3.8) is 0 Å². The van der Waals surface area contributed by atoms with Crippen molar-refractivity contribution in [2.24, 2.45) is 40.4 Å². The summed E-state index contributed by atoms with van der Waals surface area (Å²) in [6.45, 7) is 6.82. The molecule has 1 N–H and O–H groups in total. The second-order valence-corrected chi connectivity index (χ2v) is 13.0. The molecule has 1 aromatic carbocycles. The summed E-state index contributed by atoms with van der Waals surface area (Å²) in [4.78, 5) is 14.8. The van der Waals surface area contributed by atoms with Crippen molar-refractivity contribution >= 4 is 16.8 Å². The molecule has 4 aliphatic carbocycles. The van der Waals surface area contributed by atoms with Crippen molar-refractivity contribution in [1.29, 1.82) is 0 Å². The van der Waals surface area contributed by atoms with E-state index in [1.807, 2.05) is 6.92 Å². The van der Waals surface area contributed by atoms with E-state index < -0.39 is 17.2 Å². The van der Waals surface area contributed by atoms with Crippen LogP contribution >= 0.6 is 0 Å². The van der Waals surface area contributed by atoms with E-state index in [2.05, 4.69) is 24.0 Å². The van der Waals surface area contributed by atoms with Crippen molar-refractivity contribution < 1.29 is 18.7 Å². The fourth-order valence-corrected chi connectivity index (χ4v) is 9.27. The zero-order valence-corrected chi connectivity index (χ0v) is 21.1. The monoisotopic (exact) mass is 485 g/mol. The van der Waals surface area contributed by atoms with E-state index in [0.717, 1.165) is 57.1 Å². The van der Waals surface area contributed by atoms with Gasteiger partial charge in [-0.05, 0) is 99.2 Å². The van der Waals surface area contributed by atoms with Crippen LogP contribution in [0.15, 0.2) is 12.1 Å². The zero-order chi connectivity index (χ0) is 24.8. The molecule has 1 heterocycles. The Morgan fingerprint density at radius 2 is 1.77 bits per heavy atom. The lowest BCUT2D eigenvalue weighted by molar-refractivity contribution is -0.151. The highest BCUT2D eigenvalue weighted by Crippen LogP contribution is 2.68. The molecule has 1 aromatic heterocycles. The molecule has 0 aliphatic heterocycles. The maximum atomic E-state index is 14.1. The van der Waals surface area contributed by atoms with Crippen LogP contribution in [-0.4, -0.2) is 31.5 Å². The van der Waals surface area contributed by atoms with E-state index in [0.29, 0.717) is 29.1 Å². The highest BCUT2D eigenvalue weighted by Gasteiger charge is 2.61. The van der Waals surface area contributed by atoms with E-state index in [4.69, 9.17) is 0 Å². The molecule has 2 aromatic rings. The fourth-order valence-electron chi connectivity index (χ4n) is 9.27.